The molecule has 0 saturated carbocycles. The van der Waals surface area contributed by atoms with E-state index in [1.807, 2.05) is 29.2 Å². The average Bonchev–Trinajstić information content (AvgIpc) is 3.04. The minimum absolute atomic E-state index is 0. The van der Waals surface area contributed by atoms with Gasteiger partial charge in [-0.05, 0) is 49.9 Å². The molecule has 2 fully saturated rings. The summed E-state index contributed by atoms with van der Waals surface area (Å²) in [7, 11) is 3.42. The minimum Gasteiger partial charge on any atom is -0.497 e. The first-order valence-electron chi connectivity index (χ1n) is 9.36. The highest BCUT2D eigenvalue weighted by molar-refractivity contribution is 5.85. The van der Waals surface area contributed by atoms with Crippen molar-refractivity contribution in [2.75, 3.05) is 27.2 Å². The van der Waals surface area contributed by atoms with Gasteiger partial charge in [-0.3, -0.25) is 9.59 Å². The van der Waals surface area contributed by atoms with Crippen molar-refractivity contribution in [1.29, 1.82) is 0 Å². The fourth-order valence-electron chi connectivity index (χ4n) is 4.39. The molecule has 2 saturated heterocycles. The number of halogens is 1. The van der Waals surface area contributed by atoms with Crippen LogP contribution in [0.4, 0.5) is 0 Å². The third-order valence-corrected chi connectivity index (χ3v) is 5.91. The fraction of sp³-hybridized carbons (Fsp3) is 0.600. The molecule has 2 aliphatic rings. The summed E-state index contributed by atoms with van der Waals surface area (Å²) in [6.45, 7) is 3.42. The number of hydrogen-bond acceptors (Lipinski definition) is 4. The van der Waals surface area contributed by atoms with Crippen LogP contribution < -0.4 is 10.5 Å². The summed E-state index contributed by atoms with van der Waals surface area (Å²) in [6, 6.07) is 7.64. The van der Waals surface area contributed by atoms with Crippen LogP contribution in [0.2, 0.25) is 0 Å². The van der Waals surface area contributed by atoms with Crippen LogP contribution in [0.15, 0.2) is 24.3 Å². The molecule has 7 heteroatoms. The Bertz CT molecular complexity index is 667. The van der Waals surface area contributed by atoms with E-state index in [0.717, 1.165) is 24.3 Å². The summed E-state index contributed by atoms with van der Waals surface area (Å²) in [5, 5.41) is 0. The maximum Gasteiger partial charge on any atom is 0.228 e. The van der Waals surface area contributed by atoms with Gasteiger partial charge in [-0.25, -0.2) is 0 Å². The van der Waals surface area contributed by atoms with Crippen LogP contribution in [0.25, 0.3) is 0 Å². The van der Waals surface area contributed by atoms with Crippen LogP contribution >= 0.6 is 12.4 Å². The van der Waals surface area contributed by atoms with Gasteiger partial charge in [0.1, 0.15) is 5.75 Å². The highest BCUT2D eigenvalue weighted by atomic mass is 35.5. The minimum atomic E-state index is -0.237. The molecule has 6 nitrogen and oxygen atoms in total. The van der Waals surface area contributed by atoms with Crippen molar-refractivity contribution in [3.8, 4) is 5.75 Å². The molecule has 1 aromatic rings. The van der Waals surface area contributed by atoms with Crippen molar-refractivity contribution >= 4 is 24.2 Å². The molecule has 2 heterocycles. The number of hydrogen-bond donors (Lipinski definition) is 1. The second-order valence-corrected chi connectivity index (χ2v) is 7.54. The summed E-state index contributed by atoms with van der Waals surface area (Å²) in [6.07, 6.45) is 1.97. The SMILES string of the molecule is COc1ccc(C2C(C(=O)N3CC(CN)CC3C)CCC(=O)N2C)cc1.Cl. The zero-order valence-electron chi connectivity index (χ0n) is 16.3. The molecule has 1 aromatic carbocycles. The van der Waals surface area contributed by atoms with Gasteiger partial charge in [0, 0.05) is 26.1 Å². The summed E-state index contributed by atoms with van der Waals surface area (Å²) >= 11 is 0. The Balaban J connectivity index is 0.00000261. The van der Waals surface area contributed by atoms with Gasteiger partial charge in [-0.2, -0.15) is 0 Å². The third kappa shape index (κ3) is 4.22. The smallest absolute Gasteiger partial charge is 0.228 e. The third-order valence-electron chi connectivity index (χ3n) is 5.91. The number of rotatable bonds is 4. The van der Waals surface area contributed by atoms with Crippen molar-refractivity contribution in [2.45, 2.75) is 38.3 Å². The Labute approximate surface area is 167 Å². The number of amides is 2. The lowest BCUT2D eigenvalue weighted by molar-refractivity contribution is -0.147. The van der Waals surface area contributed by atoms with E-state index < -0.39 is 0 Å². The van der Waals surface area contributed by atoms with Crippen molar-refractivity contribution in [3.05, 3.63) is 29.8 Å². The Morgan fingerprint density at radius 1 is 1.30 bits per heavy atom. The highest BCUT2D eigenvalue weighted by Crippen LogP contribution is 2.39. The summed E-state index contributed by atoms with van der Waals surface area (Å²) in [5.41, 5.74) is 6.79. The van der Waals surface area contributed by atoms with E-state index in [-0.39, 0.29) is 42.2 Å². The maximum absolute atomic E-state index is 13.4. The summed E-state index contributed by atoms with van der Waals surface area (Å²) < 4.78 is 5.23. The van der Waals surface area contributed by atoms with E-state index in [4.69, 9.17) is 10.5 Å². The van der Waals surface area contributed by atoms with Crippen molar-refractivity contribution in [3.63, 3.8) is 0 Å². The number of carbonyl (C=O) groups excluding carboxylic acids is 2. The first-order chi connectivity index (χ1) is 12.5. The molecule has 0 radical (unpaired) electrons. The molecule has 0 aromatic heterocycles. The second-order valence-electron chi connectivity index (χ2n) is 7.54. The number of likely N-dealkylation sites (tertiary alicyclic amines) is 2. The number of nitrogens with zero attached hydrogens (tertiary/aromatic N) is 2. The quantitative estimate of drug-likeness (QED) is 0.848. The zero-order chi connectivity index (χ0) is 18.8. The van der Waals surface area contributed by atoms with Crippen LogP contribution in [-0.2, 0) is 9.59 Å². The molecular weight excluding hydrogens is 366 g/mol. The lowest BCUT2D eigenvalue weighted by Crippen LogP contribution is -2.48. The van der Waals surface area contributed by atoms with Crippen molar-refractivity contribution in [2.24, 2.45) is 17.6 Å². The molecule has 0 spiro atoms. The lowest BCUT2D eigenvalue weighted by atomic mass is 9.83. The van der Waals surface area contributed by atoms with Gasteiger partial charge in [0.15, 0.2) is 0 Å². The van der Waals surface area contributed by atoms with Crippen molar-refractivity contribution in [1.82, 2.24) is 9.80 Å². The zero-order valence-corrected chi connectivity index (χ0v) is 17.1. The first kappa shape index (κ1) is 21.5. The summed E-state index contributed by atoms with van der Waals surface area (Å²) in [5.74, 6) is 1.15. The van der Waals surface area contributed by atoms with Gasteiger partial charge in [0.05, 0.1) is 19.1 Å². The van der Waals surface area contributed by atoms with Gasteiger partial charge >= 0.3 is 0 Å². The number of carbonyl (C=O) groups is 2. The van der Waals surface area contributed by atoms with Gasteiger partial charge in [0.25, 0.3) is 0 Å². The molecule has 0 bridgehead atoms. The monoisotopic (exact) mass is 395 g/mol. The van der Waals surface area contributed by atoms with Gasteiger partial charge in [-0.1, -0.05) is 12.1 Å². The Kier molecular flexibility index (Phi) is 7.12. The van der Waals surface area contributed by atoms with Gasteiger partial charge in [0.2, 0.25) is 11.8 Å². The molecule has 4 atom stereocenters. The van der Waals surface area contributed by atoms with E-state index in [2.05, 4.69) is 6.92 Å². The molecule has 4 unspecified atom stereocenters. The Morgan fingerprint density at radius 2 is 1.96 bits per heavy atom. The topological polar surface area (TPSA) is 75.9 Å². The highest BCUT2D eigenvalue weighted by Gasteiger charge is 2.43. The number of ether oxygens (including phenoxy) is 1. The molecule has 3 rings (SSSR count). The Hall–Kier alpha value is -1.79. The average molecular weight is 396 g/mol. The first-order valence-corrected chi connectivity index (χ1v) is 9.36. The van der Waals surface area contributed by atoms with E-state index in [9.17, 15) is 9.59 Å². The number of benzene rings is 1. The van der Waals surface area contributed by atoms with Crippen molar-refractivity contribution < 1.29 is 14.3 Å². The summed E-state index contributed by atoms with van der Waals surface area (Å²) in [4.78, 5) is 29.4. The molecule has 2 N–H and O–H groups in total. The number of nitrogens with two attached hydrogens (primary N) is 1. The van der Waals surface area contributed by atoms with E-state index in [0.29, 0.717) is 25.3 Å². The van der Waals surface area contributed by atoms with E-state index in [1.54, 1.807) is 19.1 Å². The molecule has 2 amide bonds. The van der Waals surface area contributed by atoms with Crippen LogP contribution in [0.5, 0.6) is 5.75 Å². The van der Waals surface area contributed by atoms with E-state index >= 15 is 0 Å². The van der Waals surface area contributed by atoms with Crippen LogP contribution in [-0.4, -0.2) is 54.9 Å². The van der Waals surface area contributed by atoms with Crippen LogP contribution in [0.1, 0.15) is 37.8 Å². The standard InChI is InChI=1S/C20H29N3O3.ClH/c1-13-10-14(11-21)12-23(13)20(25)17-8-9-18(24)22(2)19(17)15-4-6-16(26-3)7-5-15;/h4-7,13-14,17,19H,8-12,21H2,1-3H3;1H. The fourth-order valence-corrected chi connectivity index (χ4v) is 4.39. The predicted molar refractivity (Wildman–Crippen MR) is 107 cm³/mol. The second kappa shape index (κ2) is 8.93. The molecule has 0 aliphatic carbocycles. The Morgan fingerprint density at radius 3 is 2.52 bits per heavy atom. The molecular formula is C20H30ClN3O3. The molecule has 150 valence electrons. The largest absolute Gasteiger partial charge is 0.497 e. The number of piperidine rings is 1. The molecule has 2 aliphatic heterocycles. The maximum atomic E-state index is 13.4. The van der Waals surface area contributed by atoms with Gasteiger partial charge < -0.3 is 20.3 Å². The van der Waals surface area contributed by atoms with Crippen LogP contribution in [0.3, 0.4) is 0 Å². The van der Waals surface area contributed by atoms with Gasteiger partial charge in [-0.15, -0.1) is 12.4 Å². The molecule has 27 heavy (non-hydrogen) atoms. The number of methoxy groups -OCH3 is 1. The van der Waals surface area contributed by atoms with E-state index in [1.165, 1.54) is 0 Å². The lowest BCUT2D eigenvalue weighted by Gasteiger charge is -2.40. The normalized spacial score (nSPS) is 28.1. The predicted octanol–water partition coefficient (Wildman–Crippen LogP) is 2.22. The van der Waals surface area contributed by atoms with Crippen LogP contribution in [0, 0.1) is 11.8 Å².